The van der Waals surface area contributed by atoms with Crippen molar-refractivity contribution in [2.45, 2.75) is 32.8 Å². The molecule has 1 aliphatic heterocycles. The third-order valence-corrected chi connectivity index (χ3v) is 3.88. The molecular formula is C15H22ClN3O2. The van der Waals surface area contributed by atoms with Gasteiger partial charge in [0.2, 0.25) is 0 Å². The summed E-state index contributed by atoms with van der Waals surface area (Å²) in [6.07, 6.45) is 2.23. The van der Waals surface area contributed by atoms with Crippen LogP contribution >= 0.6 is 11.6 Å². The number of anilines is 1. The Bertz CT molecular complexity index is 496. The minimum atomic E-state index is -0.125. The van der Waals surface area contributed by atoms with E-state index in [0.717, 1.165) is 26.0 Å². The third-order valence-electron chi connectivity index (χ3n) is 3.69. The van der Waals surface area contributed by atoms with Gasteiger partial charge in [0.25, 0.3) is 5.91 Å². The van der Waals surface area contributed by atoms with Crippen LogP contribution in [0.15, 0.2) is 12.1 Å². The van der Waals surface area contributed by atoms with Crippen molar-refractivity contribution in [1.82, 2.24) is 10.3 Å². The number of hydrogen-bond donors (Lipinski definition) is 2. The van der Waals surface area contributed by atoms with E-state index in [0.29, 0.717) is 29.0 Å². The zero-order chi connectivity index (χ0) is 15.2. The van der Waals surface area contributed by atoms with Crippen LogP contribution in [0.3, 0.4) is 0 Å². The van der Waals surface area contributed by atoms with Crippen LogP contribution in [0.25, 0.3) is 0 Å². The van der Waals surface area contributed by atoms with E-state index in [9.17, 15) is 4.79 Å². The molecule has 0 bridgehead atoms. The third kappa shape index (κ3) is 4.32. The summed E-state index contributed by atoms with van der Waals surface area (Å²) in [5, 5.41) is 6.34. The zero-order valence-electron chi connectivity index (χ0n) is 12.5. The molecule has 1 aliphatic rings. The van der Waals surface area contributed by atoms with E-state index in [1.807, 2.05) is 6.92 Å². The first-order chi connectivity index (χ1) is 10.1. The van der Waals surface area contributed by atoms with Gasteiger partial charge in [0, 0.05) is 31.2 Å². The van der Waals surface area contributed by atoms with Crippen molar-refractivity contribution in [2.75, 3.05) is 25.0 Å². The molecule has 0 saturated carbocycles. The molecule has 2 atom stereocenters. The molecule has 1 aromatic heterocycles. The first kappa shape index (κ1) is 16.0. The molecule has 1 saturated heterocycles. The molecule has 21 heavy (non-hydrogen) atoms. The highest BCUT2D eigenvalue weighted by atomic mass is 35.5. The molecule has 6 heteroatoms. The lowest BCUT2D eigenvalue weighted by molar-refractivity contribution is 0.0827. The van der Waals surface area contributed by atoms with Crippen molar-refractivity contribution in [1.29, 1.82) is 0 Å². The Morgan fingerprint density at radius 1 is 1.48 bits per heavy atom. The number of nitrogens with zero attached hydrogens (tertiary/aromatic N) is 1. The number of ether oxygens (including phenoxy) is 1. The van der Waals surface area contributed by atoms with Gasteiger partial charge in [-0.05, 0) is 31.9 Å². The number of carbonyl (C=O) groups excluding carboxylic acids is 1. The van der Waals surface area contributed by atoms with Gasteiger partial charge in [-0.25, -0.2) is 4.98 Å². The Morgan fingerprint density at radius 3 is 3.00 bits per heavy atom. The van der Waals surface area contributed by atoms with Crippen LogP contribution in [0.1, 0.15) is 37.0 Å². The van der Waals surface area contributed by atoms with E-state index < -0.39 is 0 Å². The molecule has 116 valence electrons. The number of hydrogen-bond acceptors (Lipinski definition) is 4. The molecule has 0 aromatic carbocycles. The van der Waals surface area contributed by atoms with Gasteiger partial charge in [0.1, 0.15) is 11.0 Å². The van der Waals surface area contributed by atoms with E-state index >= 15 is 0 Å². The summed E-state index contributed by atoms with van der Waals surface area (Å²) in [5.41, 5.74) is 0.526. The Hall–Kier alpha value is -1.33. The Labute approximate surface area is 130 Å². The number of nitrogens with one attached hydrogen (secondary N) is 2. The highest BCUT2D eigenvalue weighted by Gasteiger charge is 2.27. The summed E-state index contributed by atoms with van der Waals surface area (Å²) in [6, 6.07) is 3.30. The molecule has 1 fully saturated rings. The second-order valence-corrected chi connectivity index (χ2v) is 5.56. The fourth-order valence-electron chi connectivity index (χ4n) is 2.60. The van der Waals surface area contributed by atoms with E-state index in [-0.39, 0.29) is 12.0 Å². The molecule has 0 radical (unpaired) electrons. The molecule has 2 rings (SSSR count). The molecule has 0 aliphatic carbocycles. The number of aromatic nitrogens is 1. The second-order valence-electron chi connectivity index (χ2n) is 5.17. The van der Waals surface area contributed by atoms with Gasteiger partial charge in [0.15, 0.2) is 0 Å². The predicted octanol–water partition coefficient (Wildman–Crippen LogP) is 2.71. The van der Waals surface area contributed by atoms with E-state index in [2.05, 4.69) is 22.5 Å². The summed E-state index contributed by atoms with van der Waals surface area (Å²) < 4.78 is 5.63. The Morgan fingerprint density at radius 2 is 2.29 bits per heavy atom. The summed E-state index contributed by atoms with van der Waals surface area (Å²) in [7, 11) is 0. The van der Waals surface area contributed by atoms with Gasteiger partial charge in [-0.1, -0.05) is 18.5 Å². The van der Waals surface area contributed by atoms with Crippen LogP contribution in [0.5, 0.6) is 0 Å². The maximum absolute atomic E-state index is 12.2. The van der Waals surface area contributed by atoms with Crippen molar-refractivity contribution in [3.05, 3.63) is 22.8 Å². The van der Waals surface area contributed by atoms with Crippen molar-refractivity contribution in [2.24, 2.45) is 5.92 Å². The van der Waals surface area contributed by atoms with Gasteiger partial charge in [0.05, 0.1) is 6.10 Å². The Balaban J connectivity index is 1.96. The van der Waals surface area contributed by atoms with Crippen LogP contribution in [0.2, 0.25) is 5.15 Å². The lowest BCUT2D eigenvalue weighted by Gasteiger charge is -2.17. The average molecular weight is 312 g/mol. The van der Waals surface area contributed by atoms with Crippen molar-refractivity contribution < 1.29 is 9.53 Å². The predicted molar refractivity (Wildman–Crippen MR) is 83.9 cm³/mol. The second kappa shape index (κ2) is 7.61. The smallest absolute Gasteiger partial charge is 0.251 e. The maximum atomic E-state index is 12.2. The fourth-order valence-corrected chi connectivity index (χ4v) is 2.81. The standard InChI is InChI=1S/C15H22ClN3O2/c1-3-12-10(5-6-21-12)9-18-15(20)11-7-13(16)19-14(8-11)17-4-2/h7-8,10,12H,3-6,9H2,1-2H3,(H,17,19)(H,18,20). The number of pyridine rings is 1. The number of rotatable bonds is 6. The molecular weight excluding hydrogens is 290 g/mol. The number of carbonyl (C=O) groups is 1. The quantitative estimate of drug-likeness (QED) is 0.793. The van der Waals surface area contributed by atoms with Crippen LogP contribution in [0.4, 0.5) is 5.82 Å². The monoisotopic (exact) mass is 311 g/mol. The first-order valence-electron chi connectivity index (χ1n) is 7.45. The van der Waals surface area contributed by atoms with Crippen LogP contribution in [-0.4, -0.2) is 36.7 Å². The van der Waals surface area contributed by atoms with Crippen LogP contribution < -0.4 is 10.6 Å². The molecule has 1 aromatic rings. The highest BCUT2D eigenvalue weighted by molar-refractivity contribution is 6.29. The van der Waals surface area contributed by atoms with Gasteiger partial charge in [-0.2, -0.15) is 0 Å². The zero-order valence-corrected chi connectivity index (χ0v) is 13.2. The lowest BCUT2D eigenvalue weighted by atomic mass is 9.99. The van der Waals surface area contributed by atoms with E-state index in [1.165, 1.54) is 0 Å². The molecule has 0 spiro atoms. The van der Waals surface area contributed by atoms with Gasteiger partial charge in [-0.3, -0.25) is 4.79 Å². The first-order valence-corrected chi connectivity index (χ1v) is 7.83. The summed E-state index contributed by atoms with van der Waals surface area (Å²) in [6.45, 7) is 6.22. The molecule has 2 heterocycles. The number of halogens is 1. The van der Waals surface area contributed by atoms with E-state index in [1.54, 1.807) is 12.1 Å². The fraction of sp³-hybridized carbons (Fsp3) is 0.600. The summed E-state index contributed by atoms with van der Waals surface area (Å²) in [5.74, 6) is 0.885. The number of amides is 1. The van der Waals surface area contributed by atoms with Crippen molar-refractivity contribution in [3.63, 3.8) is 0 Å². The van der Waals surface area contributed by atoms with Gasteiger partial charge >= 0.3 is 0 Å². The largest absolute Gasteiger partial charge is 0.378 e. The normalized spacial score (nSPS) is 21.3. The summed E-state index contributed by atoms with van der Waals surface area (Å²) in [4.78, 5) is 16.4. The van der Waals surface area contributed by atoms with Gasteiger partial charge in [-0.15, -0.1) is 0 Å². The molecule has 1 amide bonds. The van der Waals surface area contributed by atoms with Crippen LogP contribution in [0, 0.1) is 5.92 Å². The van der Waals surface area contributed by atoms with E-state index in [4.69, 9.17) is 16.3 Å². The van der Waals surface area contributed by atoms with Crippen LogP contribution in [-0.2, 0) is 4.74 Å². The lowest BCUT2D eigenvalue weighted by Crippen LogP contribution is -2.32. The maximum Gasteiger partial charge on any atom is 0.251 e. The van der Waals surface area contributed by atoms with Crippen molar-refractivity contribution >= 4 is 23.3 Å². The van der Waals surface area contributed by atoms with Gasteiger partial charge < -0.3 is 15.4 Å². The summed E-state index contributed by atoms with van der Waals surface area (Å²) >= 11 is 5.95. The minimum absolute atomic E-state index is 0.125. The SMILES string of the molecule is CCNc1cc(C(=O)NCC2CCOC2CC)cc(Cl)n1. The average Bonchev–Trinajstić information content (AvgIpc) is 2.92. The molecule has 2 unspecified atom stereocenters. The topological polar surface area (TPSA) is 63.2 Å². The minimum Gasteiger partial charge on any atom is -0.378 e. The Kier molecular flexibility index (Phi) is 5.82. The highest BCUT2D eigenvalue weighted by Crippen LogP contribution is 2.22. The molecule has 2 N–H and O–H groups in total. The molecule has 5 nitrogen and oxygen atoms in total. The van der Waals surface area contributed by atoms with Crippen molar-refractivity contribution in [3.8, 4) is 0 Å².